The maximum absolute atomic E-state index is 13.9. The Balaban J connectivity index is 2.44. The van der Waals surface area contributed by atoms with E-state index in [1.54, 1.807) is 38.5 Å². The number of ether oxygens (including phenoxy) is 4. The van der Waals surface area contributed by atoms with Crippen LogP contribution in [0.1, 0.15) is 0 Å². The number of hydrogen-bond donors (Lipinski definition) is 0. The molecule has 0 heterocycles. The predicted octanol–water partition coefficient (Wildman–Crippen LogP) is 2.45. The third-order valence-electron chi connectivity index (χ3n) is 2.95. The molecule has 2 rings (SSSR count). The summed E-state index contributed by atoms with van der Waals surface area (Å²) in [6, 6.07) is 10.2. The normalized spacial score (nSPS) is 10.9. The highest BCUT2D eigenvalue weighted by Gasteiger charge is 2.16. The summed E-state index contributed by atoms with van der Waals surface area (Å²) < 4.78 is 35.1. The van der Waals surface area contributed by atoms with Crippen LogP contribution in [0, 0.1) is 5.82 Å². The molecule has 0 spiro atoms. The molecule has 2 aromatic rings. The van der Waals surface area contributed by atoms with Crippen LogP contribution in [0.5, 0.6) is 17.2 Å². The van der Waals surface area contributed by atoms with Crippen LogP contribution >= 0.6 is 8.58 Å². The van der Waals surface area contributed by atoms with Crippen LogP contribution in [-0.2, 0) is 4.74 Å². The van der Waals surface area contributed by atoms with E-state index in [0.717, 1.165) is 5.30 Å². The average Bonchev–Trinajstić information content (AvgIpc) is 2.55. The van der Waals surface area contributed by atoms with Crippen molar-refractivity contribution in [2.24, 2.45) is 0 Å². The predicted molar refractivity (Wildman–Crippen MR) is 86.0 cm³/mol. The SMILES string of the molecule is COCOc1c(OC)cc(OC)cc1Pc1ccccc1F. The molecule has 0 N–H and O–H groups in total. The van der Waals surface area contributed by atoms with Gasteiger partial charge in [-0.05, 0) is 12.1 Å². The lowest BCUT2D eigenvalue weighted by molar-refractivity contribution is 0.0499. The Kier molecular flexibility index (Phi) is 5.99. The van der Waals surface area contributed by atoms with Crippen molar-refractivity contribution in [3.05, 3.63) is 42.2 Å². The molecule has 0 radical (unpaired) electrons. The van der Waals surface area contributed by atoms with Gasteiger partial charge < -0.3 is 18.9 Å². The van der Waals surface area contributed by atoms with Gasteiger partial charge in [-0.15, -0.1) is 0 Å². The van der Waals surface area contributed by atoms with E-state index >= 15 is 0 Å². The Hall–Kier alpha value is -1.84. The monoisotopic (exact) mass is 324 g/mol. The molecule has 0 fully saturated rings. The number of hydrogen-bond acceptors (Lipinski definition) is 4. The van der Waals surface area contributed by atoms with Crippen LogP contribution in [0.4, 0.5) is 4.39 Å². The van der Waals surface area contributed by atoms with Gasteiger partial charge in [0, 0.05) is 23.8 Å². The zero-order chi connectivity index (χ0) is 15.9. The molecule has 0 saturated carbocycles. The van der Waals surface area contributed by atoms with Crippen molar-refractivity contribution < 1.29 is 23.3 Å². The first-order chi connectivity index (χ1) is 10.7. The van der Waals surface area contributed by atoms with Gasteiger partial charge in [-0.25, -0.2) is 4.39 Å². The van der Waals surface area contributed by atoms with Crippen molar-refractivity contribution in [2.45, 2.75) is 0 Å². The van der Waals surface area contributed by atoms with Crippen LogP contribution in [-0.4, -0.2) is 28.1 Å². The average molecular weight is 324 g/mol. The molecule has 0 aromatic heterocycles. The Bertz CT molecular complexity index is 634. The first kappa shape index (κ1) is 16.5. The Morgan fingerprint density at radius 2 is 1.77 bits per heavy atom. The Morgan fingerprint density at radius 3 is 2.41 bits per heavy atom. The third kappa shape index (κ3) is 3.87. The molecular formula is C16H18FO4P. The number of methoxy groups -OCH3 is 3. The topological polar surface area (TPSA) is 36.9 Å². The van der Waals surface area contributed by atoms with Crippen molar-refractivity contribution in [3.8, 4) is 17.2 Å². The highest BCUT2D eigenvalue weighted by atomic mass is 31.1. The number of benzene rings is 2. The summed E-state index contributed by atoms with van der Waals surface area (Å²) in [4.78, 5) is 0. The van der Waals surface area contributed by atoms with Crippen LogP contribution in [0.25, 0.3) is 0 Å². The Morgan fingerprint density at radius 1 is 1.00 bits per heavy atom. The van der Waals surface area contributed by atoms with Gasteiger partial charge in [0.1, 0.15) is 11.6 Å². The summed E-state index contributed by atoms with van der Waals surface area (Å²) in [5.41, 5.74) is 0. The van der Waals surface area contributed by atoms with E-state index in [0.29, 0.717) is 22.6 Å². The zero-order valence-electron chi connectivity index (χ0n) is 12.7. The lowest BCUT2D eigenvalue weighted by Crippen LogP contribution is -2.13. The van der Waals surface area contributed by atoms with E-state index in [2.05, 4.69) is 0 Å². The molecule has 0 bridgehead atoms. The molecule has 22 heavy (non-hydrogen) atoms. The largest absolute Gasteiger partial charge is 0.497 e. The Labute approximate surface area is 130 Å². The molecule has 118 valence electrons. The summed E-state index contributed by atoms with van der Waals surface area (Å²) >= 11 is 0. The van der Waals surface area contributed by atoms with Gasteiger partial charge in [0.15, 0.2) is 18.3 Å². The highest BCUT2D eigenvalue weighted by Crippen LogP contribution is 2.34. The standard InChI is InChI=1S/C16H18FO4P/c1-18-10-21-16-13(20-3)8-11(19-2)9-15(16)22-14-7-5-4-6-12(14)17/h4-9,22H,10H2,1-3H3. The molecule has 0 saturated heterocycles. The van der Waals surface area contributed by atoms with Crippen molar-refractivity contribution in [1.29, 1.82) is 0 Å². The van der Waals surface area contributed by atoms with E-state index in [1.165, 1.54) is 13.2 Å². The minimum atomic E-state index is -0.250. The second-order valence-corrected chi connectivity index (χ2v) is 5.69. The fourth-order valence-electron chi connectivity index (χ4n) is 1.91. The van der Waals surface area contributed by atoms with Gasteiger partial charge in [-0.1, -0.05) is 26.8 Å². The maximum atomic E-state index is 13.9. The molecule has 1 unspecified atom stereocenters. The quantitative estimate of drug-likeness (QED) is 0.579. The fraction of sp³-hybridized carbons (Fsp3) is 0.250. The molecule has 4 nitrogen and oxygen atoms in total. The molecule has 0 aliphatic rings. The summed E-state index contributed by atoms with van der Waals surface area (Å²) in [5.74, 6) is 1.43. The van der Waals surface area contributed by atoms with Gasteiger partial charge in [0.05, 0.1) is 14.2 Å². The molecule has 0 aliphatic heterocycles. The van der Waals surface area contributed by atoms with E-state index in [9.17, 15) is 4.39 Å². The molecule has 2 aromatic carbocycles. The summed E-state index contributed by atoms with van der Waals surface area (Å²) in [7, 11) is 4.72. The van der Waals surface area contributed by atoms with E-state index in [4.69, 9.17) is 18.9 Å². The van der Waals surface area contributed by atoms with Crippen molar-refractivity contribution in [2.75, 3.05) is 28.1 Å². The van der Waals surface area contributed by atoms with Gasteiger partial charge in [0.25, 0.3) is 0 Å². The summed E-state index contributed by atoms with van der Waals surface area (Å²) in [6.07, 6.45) is 0. The first-order valence-electron chi connectivity index (χ1n) is 6.59. The minimum absolute atomic E-state index is 0.0689. The van der Waals surface area contributed by atoms with Crippen molar-refractivity contribution in [3.63, 3.8) is 0 Å². The number of rotatable bonds is 7. The van der Waals surface area contributed by atoms with E-state index in [1.807, 2.05) is 6.07 Å². The van der Waals surface area contributed by atoms with E-state index < -0.39 is 0 Å². The lowest BCUT2D eigenvalue weighted by Gasteiger charge is -2.16. The zero-order valence-corrected chi connectivity index (χ0v) is 13.7. The molecule has 6 heteroatoms. The lowest BCUT2D eigenvalue weighted by atomic mass is 10.3. The first-order valence-corrected chi connectivity index (χ1v) is 7.59. The van der Waals surface area contributed by atoms with Gasteiger partial charge >= 0.3 is 0 Å². The van der Waals surface area contributed by atoms with Crippen LogP contribution in [0.15, 0.2) is 36.4 Å². The van der Waals surface area contributed by atoms with Gasteiger partial charge in [-0.2, -0.15) is 0 Å². The molecule has 1 atom stereocenters. The molecule has 0 amide bonds. The van der Waals surface area contributed by atoms with Crippen LogP contribution in [0.2, 0.25) is 0 Å². The fourth-order valence-corrected chi connectivity index (χ4v) is 3.11. The van der Waals surface area contributed by atoms with Crippen LogP contribution < -0.4 is 24.8 Å². The van der Waals surface area contributed by atoms with Crippen LogP contribution in [0.3, 0.4) is 0 Å². The molecule has 0 aliphatic carbocycles. The summed E-state index contributed by atoms with van der Waals surface area (Å²) in [5, 5.41) is 1.39. The van der Waals surface area contributed by atoms with Gasteiger partial charge in [0.2, 0.25) is 0 Å². The summed E-state index contributed by atoms with van der Waals surface area (Å²) in [6.45, 7) is 0.0808. The van der Waals surface area contributed by atoms with Gasteiger partial charge in [-0.3, -0.25) is 0 Å². The second-order valence-electron chi connectivity index (χ2n) is 4.36. The molecular weight excluding hydrogens is 306 g/mol. The smallest absolute Gasteiger partial charge is 0.188 e. The number of halogens is 1. The second kappa shape index (κ2) is 7.97. The highest BCUT2D eigenvalue weighted by molar-refractivity contribution is 7.55. The van der Waals surface area contributed by atoms with Crippen molar-refractivity contribution >= 4 is 19.2 Å². The van der Waals surface area contributed by atoms with Crippen molar-refractivity contribution in [1.82, 2.24) is 0 Å². The minimum Gasteiger partial charge on any atom is -0.497 e. The third-order valence-corrected chi connectivity index (χ3v) is 4.26. The van der Waals surface area contributed by atoms with E-state index in [-0.39, 0.29) is 21.2 Å². The maximum Gasteiger partial charge on any atom is 0.188 e.